The van der Waals surface area contributed by atoms with Gasteiger partial charge in [-0.2, -0.15) is 0 Å². The van der Waals surface area contributed by atoms with Crippen LogP contribution in [0.1, 0.15) is 36.4 Å². The molecule has 3 heterocycles. The SMILES string of the molecule is Cc1nn(C2=[N+](C(C)C)C3C(=O)N(Cc4ccccc4F)C(=O)N(C)C3=N2)c(C)c1C. The van der Waals surface area contributed by atoms with Crippen molar-refractivity contribution in [2.24, 2.45) is 4.99 Å². The highest BCUT2D eigenvalue weighted by atomic mass is 19.1. The van der Waals surface area contributed by atoms with Gasteiger partial charge in [0.15, 0.2) is 0 Å². The molecule has 1 unspecified atom stereocenters. The summed E-state index contributed by atoms with van der Waals surface area (Å²) < 4.78 is 17.8. The summed E-state index contributed by atoms with van der Waals surface area (Å²) in [5.74, 6) is -0.0205. The van der Waals surface area contributed by atoms with E-state index in [1.165, 1.54) is 11.0 Å². The van der Waals surface area contributed by atoms with Gasteiger partial charge in [-0.25, -0.2) is 13.8 Å². The Bertz CT molecular complexity index is 1160. The Morgan fingerprint density at radius 3 is 2.42 bits per heavy atom. The number of fused-ring (bicyclic) bond motifs is 1. The highest BCUT2D eigenvalue weighted by Crippen LogP contribution is 2.25. The van der Waals surface area contributed by atoms with Crippen LogP contribution in [0.2, 0.25) is 0 Å². The summed E-state index contributed by atoms with van der Waals surface area (Å²) in [6.45, 7) is 9.64. The molecule has 1 fully saturated rings. The summed E-state index contributed by atoms with van der Waals surface area (Å²) in [5, 5.41) is 4.60. The molecular formula is C22H26FN6O2+. The Kier molecular flexibility index (Phi) is 4.99. The van der Waals surface area contributed by atoms with Crippen LogP contribution in [0.5, 0.6) is 0 Å². The third-order valence-electron chi connectivity index (χ3n) is 6.01. The molecule has 0 aliphatic carbocycles. The number of aromatic nitrogens is 2. The van der Waals surface area contributed by atoms with Crippen LogP contribution in [-0.2, 0) is 11.3 Å². The van der Waals surface area contributed by atoms with Crippen molar-refractivity contribution in [3.8, 4) is 0 Å². The zero-order valence-corrected chi connectivity index (χ0v) is 18.5. The Morgan fingerprint density at radius 1 is 1.16 bits per heavy atom. The van der Waals surface area contributed by atoms with E-state index in [0.717, 1.165) is 21.9 Å². The normalized spacial score (nSPS) is 19.0. The molecule has 2 aliphatic rings. The van der Waals surface area contributed by atoms with Crippen molar-refractivity contribution < 1.29 is 18.6 Å². The molecule has 0 bridgehead atoms. The first-order chi connectivity index (χ1) is 14.6. The number of nitrogens with zero attached hydrogens (tertiary/aromatic N) is 6. The molecule has 0 N–H and O–H groups in total. The van der Waals surface area contributed by atoms with Crippen molar-refractivity contribution >= 4 is 23.7 Å². The van der Waals surface area contributed by atoms with E-state index < -0.39 is 23.8 Å². The minimum Gasteiger partial charge on any atom is -0.270 e. The Hall–Kier alpha value is -3.36. The molecule has 0 saturated carbocycles. The number of hydrogen-bond donors (Lipinski definition) is 0. The quantitative estimate of drug-likeness (QED) is 0.709. The van der Waals surface area contributed by atoms with Crippen molar-refractivity contribution in [2.45, 2.75) is 53.2 Å². The fourth-order valence-electron chi connectivity index (χ4n) is 4.01. The van der Waals surface area contributed by atoms with E-state index >= 15 is 0 Å². The summed E-state index contributed by atoms with van der Waals surface area (Å²) >= 11 is 0. The van der Waals surface area contributed by atoms with Crippen LogP contribution >= 0.6 is 0 Å². The van der Waals surface area contributed by atoms with Gasteiger partial charge in [-0.3, -0.25) is 14.6 Å². The number of aryl methyl sites for hydroxylation is 1. The molecule has 4 rings (SSSR count). The lowest BCUT2D eigenvalue weighted by Gasteiger charge is -2.34. The van der Waals surface area contributed by atoms with Crippen molar-refractivity contribution in [1.29, 1.82) is 0 Å². The van der Waals surface area contributed by atoms with E-state index in [9.17, 15) is 14.0 Å². The van der Waals surface area contributed by atoms with Gasteiger partial charge in [0.1, 0.15) is 11.5 Å². The summed E-state index contributed by atoms with van der Waals surface area (Å²) in [7, 11) is 1.59. The maximum Gasteiger partial charge on any atom is 0.421 e. The predicted octanol–water partition coefficient (Wildman–Crippen LogP) is 2.45. The molecule has 1 atom stereocenters. The van der Waals surface area contributed by atoms with Crippen LogP contribution < -0.4 is 0 Å². The molecule has 2 aromatic rings. The lowest BCUT2D eigenvalue weighted by atomic mass is 10.1. The van der Waals surface area contributed by atoms with E-state index in [1.54, 1.807) is 29.9 Å². The number of carbonyl (C=O) groups excluding carboxylic acids is 2. The second kappa shape index (κ2) is 7.40. The van der Waals surface area contributed by atoms with Gasteiger partial charge < -0.3 is 0 Å². The number of likely N-dealkylation sites (N-methyl/N-ethyl adjacent to an activating group) is 1. The van der Waals surface area contributed by atoms with Crippen LogP contribution in [0.25, 0.3) is 0 Å². The Labute approximate surface area is 180 Å². The minimum atomic E-state index is -0.784. The van der Waals surface area contributed by atoms with Gasteiger partial charge in [0, 0.05) is 18.2 Å². The van der Waals surface area contributed by atoms with Crippen LogP contribution in [0.3, 0.4) is 0 Å². The third kappa shape index (κ3) is 3.15. The fraction of sp³-hybridized carbons (Fsp3) is 0.409. The van der Waals surface area contributed by atoms with E-state index in [0.29, 0.717) is 11.8 Å². The maximum atomic E-state index is 14.2. The standard InChI is InChI=1S/C22H26FN6O2/c1-12(2)28-18-19(24-21(28)29-15(5)13(3)14(4)25-29)26(6)22(31)27(20(18)30)11-16-9-7-8-10-17(16)23/h7-10,12,18H,11H2,1-6H3/q+1. The number of halogens is 1. The molecule has 0 spiro atoms. The van der Waals surface area contributed by atoms with Crippen molar-refractivity contribution in [3.05, 3.63) is 52.6 Å². The number of urea groups is 1. The molecule has 162 valence electrons. The summed E-state index contributed by atoms with van der Waals surface area (Å²) in [4.78, 5) is 33.7. The Morgan fingerprint density at radius 2 is 1.84 bits per heavy atom. The van der Waals surface area contributed by atoms with E-state index in [1.807, 2.05) is 39.2 Å². The van der Waals surface area contributed by atoms with Crippen LogP contribution in [0, 0.1) is 26.6 Å². The van der Waals surface area contributed by atoms with Crippen molar-refractivity contribution in [2.75, 3.05) is 7.05 Å². The second-order valence-corrected chi connectivity index (χ2v) is 8.24. The number of amides is 3. The summed E-state index contributed by atoms with van der Waals surface area (Å²) in [6, 6.07) is 4.74. The van der Waals surface area contributed by atoms with Crippen LogP contribution in [-0.4, -0.2) is 67.0 Å². The average Bonchev–Trinajstić information content (AvgIpc) is 3.25. The molecule has 0 radical (unpaired) electrons. The first-order valence-corrected chi connectivity index (χ1v) is 10.2. The highest BCUT2D eigenvalue weighted by molar-refractivity contribution is 6.23. The fourth-order valence-corrected chi connectivity index (χ4v) is 4.01. The predicted molar refractivity (Wildman–Crippen MR) is 114 cm³/mol. The minimum absolute atomic E-state index is 0.0914. The smallest absolute Gasteiger partial charge is 0.270 e. The maximum absolute atomic E-state index is 14.2. The molecule has 1 aromatic carbocycles. The van der Waals surface area contributed by atoms with Crippen LogP contribution in [0.4, 0.5) is 9.18 Å². The zero-order chi connectivity index (χ0) is 22.6. The summed E-state index contributed by atoms with van der Waals surface area (Å²) in [5.41, 5.74) is 3.13. The molecule has 2 aliphatic heterocycles. The Balaban J connectivity index is 1.81. The molecule has 3 amide bonds. The van der Waals surface area contributed by atoms with E-state index in [4.69, 9.17) is 0 Å². The van der Waals surface area contributed by atoms with Gasteiger partial charge >= 0.3 is 12.0 Å². The molecule has 1 saturated heterocycles. The number of aliphatic imine (C=N–C) groups is 1. The van der Waals surface area contributed by atoms with Gasteiger partial charge in [0.25, 0.3) is 5.91 Å². The van der Waals surface area contributed by atoms with Gasteiger partial charge in [0.05, 0.1) is 18.3 Å². The first-order valence-electron chi connectivity index (χ1n) is 10.2. The lowest BCUT2D eigenvalue weighted by Crippen LogP contribution is -2.63. The topological polar surface area (TPSA) is 73.8 Å². The van der Waals surface area contributed by atoms with Gasteiger partial charge in [-0.05, 0) is 40.7 Å². The number of rotatable bonds is 3. The van der Waals surface area contributed by atoms with Crippen LogP contribution in [0.15, 0.2) is 29.3 Å². The van der Waals surface area contributed by atoms with Crippen molar-refractivity contribution in [1.82, 2.24) is 19.6 Å². The number of benzene rings is 1. The van der Waals surface area contributed by atoms with E-state index in [2.05, 4.69) is 10.1 Å². The average molecular weight is 425 g/mol. The van der Waals surface area contributed by atoms with Gasteiger partial charge in [0.2, 0.25) is 11.9 Å². The molecular weight excluding hydrogens is 399 g/mol. The number of carbonyl (C=O) groups is 2. The molecule has 1 aromatic heterocycles. The van der Waals surface area contributed by atoms with Gasteiger partial charge in [-0.1, -0.05) is 23.2 Å². The number of hydrogen-bond acceptors (Lipinski definition) is 4. The summed E-state index contributed by atoms with van der Waals surface area (Å²) in [6.07, 6.45) is 0. The third-order valence-corrected chi connectivity index (χ3v) is 6.01. The van der Waals surface area contributed by atoms with Crippen molar-refractivity contribution in [3.63, 3.8) is 0 Å². The van der Waals surface area contributed by atoms with Gasteiger partial charge in [-0.15, -0.1) is 9.78 Å². The largest absolute Gasteiger partial charge is 0.421 e. The first kappa shape index (κ1) is 20.9. The molecule has 31 heavy (non-hydrogen) atoms. The molecule has 9 heteroatoms. The number of amidine groups is 1. The lowest BCUT2D eigenvalue weighted by molar-refractivity contribution is -0.567. The molecule has 8 nitrogen and oxygen atoms in total. The monoisotopic (exact) mass is 425 g/mol. The van der Waals surface area contributed by atoms with E-state index in [-0.39, 0.29) is 18.2 Å². The highest BCUT2D eigenvalue weighted by Gasteiger charge is 2.54. The number of imide groups is 1. The zero-order valence-electron chi connectivity index (χ0n) is 18.5. The second-order valence-electron chi connectivity index (χ2n) is 8.24.